The van der Waals surface area contributed by atoms with Crippen LogP contribution in [-0.4, -0.2) is 72.5 Å². The maximum absolute atomic E-state index is 15.8. The van der Waals surface area contributed by atoms with Crippen molar-refractivity contribution in [3.8, 4) is 5.75 Å². The summed E-state index contributed by atoms with van der Waals surface area (Å²) in [6.07, 6.45) is 3.78. The molecule has 2 aromatic carbocycles. The number of aromatic hydroxyl groups is 1. The average Bonchev–Trinajstić information content (AvgIpc) is 4.11. The van der Waals surface area contributed by atoms with Gasteiger partial charge >= 0.3 is 0 Å². The molecule has 4 aliphatic rings. The van der Waals surface area contributed by atoms with Crippen molar-refractivity contribution in [1.82, 2.24) is 19.8 Å². The van der Waals surface area contributed by atoms with Gasteiger partial charge in [0.15, 0.2) is 11.2 Å². The Kier molecular flexibility index (Phi) is 8.86. The molecule has 0 atom stereocenters. The molecular weight excluding hydrogens is 752 g/mol. The van der Waals surface area contributed by atoms with Crippen molar-refractivity contribution in [1.29, 1.82) is 0 Å². The van der Waals surface area contributed by atoms with Crippen LogP contribution >= 0.6 is 22.7 Å². The second kappa shape index (κ2) is 13.5. The van der Waals surface area contributed by atoms with E-state index >= 15 is 8.78 Å². The highest BCUT2D eigenvalue weighted by molar-refractivity contribution is 7.20. The van der Waals surface area contributed by atoms with Crippen LogP contribution in [-0.2, 0) is 0 Å². The average molecular weight is 792 g/mol. The Morgan fingerprint density at radius 2 is 1.35 bits per heavy atom. The number of rotatable bonds is 5. The summed E-state index contributed by atoms with van der Waals surface area (Å²) in [6, 6.07) is 4.69. The lowest BCUT2D eigenvalue weighted by Gasteiger charge is -2.30. The molecule has 2 aliphatic heterocycles. The first kappa shape index (κ1) is 36.0. The Morgan fingerprint density at radius 1 is 0.782 bits per heavy atom. The number of amides is 1. The third-order valence-corrected chi connectivity index (χ3v) is 13.6. The maximum atomic E-state index is 15.8. The highest BCUT2D eigenvalue weighted by atomic mass is 32.1. The van der Waals surface area contributed by atoms with Gasteiger partial charge in [-0.05, 0) is 63.3 Å². The molecule has 0 bridgehead atoms. The van der Waals surface area contributed by atoms with Crippen molar-refractivity contribution in [2.75, 3.05) is 62.2 Å². The number of pyridine rings is 2. The topological polar surface area (TPSA) is 138 Å². The van der Waals surface area contributed by atoms with Gasteiger partial charge < -0.3 is 40.4 Å². The molecular formula is C39H40F3N7O4S2. The second-order valence-corrected chi connectivity index (χ2v) is 17.1. The molecule has 2 aliphatic carbocycles. The maximum Gasteiger partial charge on any atom is 0.259 e. The quantitative estimate of drug-likeness (QED) is 0.173. The molecule has 4 aromatic heterocycles. The van der Waals surface area contributed by atoms with E-state index in [1.807, 2.05) is 17.9 Å². The third kappa shape index (κ3) is 5.87. The molecule has 6 aromatic rings. The first-order valence-electron chi connectivity index (χ1n) is 18.7. The summed E-state index contributed by atoms with van der Waals surface area (Å²) < 4.78 is 49.6. The van der Waals surface area contributed by atoms with Crippen LogP contribution in [0.1, 0.15) is 57.9 Å². The summed E-state index contributed by atoms with van der Waals surface area (Å²) in [5.74, 6) is -2.40. The van der Waals surface area contributed by atoms with Gasteiger partial charge in [-0.2, -0.15) is 0 Å². The molecule has 2 saturated heterocycles. The Balaban J connectivity index is 0.000000145. The fourth-order valence-electron chi connectivity index (χ4n) is 8.19. The van der Waals surface area contributed by atoms with E-state index in [4.69, 9.17) is 5.73 Å². The minimum Gasteiger partial charge on any atom is -0.506 e. The standard InChI is InChI=1S/C20H20F2N4O2S.C19H20FN3O2S/c1-9-13-17(27)11-8-12(21)16(25-6-4-24-5-7-25)14(22)15(11)26(10-2-3-10)20(13)29-18(9)19(23)28;1-10-17(24)16-18(25)12-8-13(20)15(22-6-4-21-5-7-22)9-14(12)23(11-2-3-11)19(16)26-10/h8,10,24H,2-7H2,1H3,(H2,23,28);8-9,11,21,24H,2-7H2,1H3. The monoisotopic (exact) mass is 791 g/mol. The highest BCUT2D eigenvalue weighted by Gasteiger charge is 2.34. The number of carbonyl (C=O) groups is 1. The van der Waals surface area contributed by atoms with Crippen LogP contribution < -0.4 is 37.0 Å². The SMILES string of the molecule is Cc1c(C(N)=O)sc2c1c(=O)c1cc(F)c(N3CCNCC3)c(F)c1n2C1CC1.Cc1sc2c(c1O)c(=O)c1cc(F)c(N3CCNCC3)cc1n2C1CC1. The van der Waals surface area contributed by atoms with Gasteiger partial charge in [-0.15, -0.1) is 22.7 Å². The molecule has 2 saturated carbocycles. The van der Waals surface area contributed by atoms with E-state index in [1.165, 1.54) is 17.4 Å². The Hall–Kier alpha value is -4.64. The number of nitrogens with two attached hydrogens (primary N) is 1. The lowest BCUT2D eigenvalue weighted by Crippen LogP contribution is -2.44. The van der Waals surface area contributed by atoms with Crippen molar-refractivity contribution >= 4 is 82.2 Å². The summed E-state index contributed by atoms with van der Waals surface area (Å²) >= 11 is 2.56. The van der Waals surface area contributed by atoms with Gasteiger partial charge in [0.25, 0.3) is 5.91 Å². The fraction of sp³-hybridized carbons (Fsp3) is 0.410. The summed E-state index contributed by atoms with van der Waals surface area (Å²) in [4.78, 5) is 44.1. The van der Waals surface area contributed by atoms with Crippen LogP contribution in [0.15, 0.2) is 27.8 Å². The summed E-state index contributed by atoms with van der Waals surface area (Å²) in [5.41, 5.74) is 6.60. The van der Waals surface area contributed by atoms with Crippen molar-refractivity contribution in [3.05, 3.63) is 71.4 Å². The van der Waals surface area contributed by atoms with Gasteiger partial charge in [0.1, 0.15) is 32.7 Å². The number of piperazine rings is 2. The highest BCUT2D eigenvalue weighted by Crippen LogP contribution is 2.46. The fourth-order valence-corrected chi connectivity index (χ4v) is 10.6. The Morgan fingerprint density at radius 3 is 1.96 bits per heavy atom. The number of thiophene rings is 2. The minimum absolute atomic E-state index is 0.00945. The predicted octanol–water partition coefficient (Wildman–Crippen LogP) is 5.76. The van der Waals surface area contributed by atoms with Gasteiger partial charge in [0.05, 0.1) is 37.8 Å². The van der Waals surface area contributed by atoms with E-state index in [0.717, 1.165) is 84.5 Å². The lowest BCUT2D eigenvalue weighted by atomic mass is 10.1. The predicted molar refractivity (Wildman–Crippen MR) is 213 cm³/mol. The van der Waals surface area contributed by atoms with E-state index in [-0.39, 0.29) is 44.5 Å². The normalized spacial score (nSPS) is 17.8. The van der Waals surface area contributed by atoms with Crippen molar-refractivity contribution < 1.29 is 23.1 Å². The van der Waals surface area contributed by atoms with Gasteiger partial charge in [-0.25, -0.2) is 13.2 Å². The molecule has 288 valence electrons. The van der Waals surface area contributed by atoms with Gasteiger partial charge in [0, 0.05) is 74.7 Å². The second-order valence-electron chi connectivity index (χ2n) is 14.9. The van der Waals surface area contributed by atoms with Gasteiger partial charge in [0.2, 0.25) is 5.43 Å². The van der Waals surface area contributed by atoms with Crippen LogP contribution in [0.4, 0.5) is 24.5 Å². The molecule has 6 heterocycles. The number of aromatic nitrogens is 2. The van der Waals surface area contributed by atoms with Crippen molar-refractivity contribution in [3.63, 3.8) is 0 Å². The Bertz CT molecular complexity index is 2700. The van der Waals surface area contributed by atoms with E-state index in [2.05, 4.69) is 15.2 Å². The number of hydrogen-bond donors (Lipinski definition) is 4. The molecule has 55 heavy (non-hydrogen) atoms. The molecule has 0 radical (unpaired) electrons. The number of nitrogens with zero attached hydrogens (tertiary/aromatic N) is 4. The van der Waals surface area contributed by atoms with E-state index in [1.54, 1.807) is 16.4 Å². The third-order valence-electron chi connectivity index (χ3n) is 11.2. The lowest BCUT2D eigenvalue weighted by molar-refractivity contribution is 0.100. The van der Waals surface area contributed by atoms with Crippen LogP contribution in [0.3, 0.4) is 0 Å². The first-order valence-corrected chi connectivity index (χ1v) is 20.3. The number of anilines is 2. The van der Waals surface area contributed by atoms with Gasteiger partial charge in [-0.3, -0.25) is 14.4 Å². The van der Waals surface area contributed by atoms with Crippen molar-refractivity contribution in [2.45, 2.75) is 51.6 Å². The zero-order valence-electron chi connectivity index (χ0n) is 30.4. The number of fused-ring (bicyclic) bond motifs is 4. The number of carbonyl (C=O) groups excluding carboxylic acids is 1. The van der Waals surface area contributed by atoms with Crippen LogP contribution in [0.2, 0.25) is 0 Å². The largest absolute Gasteiger partial charge is 0.506 e. The molecule has 0 unspecified atom stereocenters. The van der Waals surface area contributed by atoms with E-state index in [0.29, 0.717) is 64.5 Å². The molecule has 16 heteroatoms. The van der Waals surface area contributed by atoms with Crippen LogP contribution in [0.25, 0.3) is 42.2 Å². The number of aryl methyl sites for hydroxylation is 2. The number of halogens is 3. The van der Waals surface area contributed by atoms with Crippen LogP contribution in [0.5, 0.6) is 5.75 Å². The van der Waals surface area contributed by atoms with E-state index < -0.39 is 23.0 Å². The van der Waals surface area contributed by atoms with Gasteiger partial charge in [-0.1, -0.05) is 0 Å². The van der Waals surface area contributed by atoms with Crippen LogP contribution in [0, 0.1) is 31.3 Å². The molecule has 10 rings (SSSR count). The summed E-state index contributed by atoms with van der Waals surface area (Å²) in [5, 5.41) is 17.9. The first-order chi connectivity index (χ1) is 26.5. The number of primary amides is 1. The zero-order chi connectivity index (χ0) is 38.4. The summed E-state index contributed by atoms with van der Waals surface area (Å²) in [6.45, 7) is 8.86. The van der Waals surface area contributed by atoms with E-state index in [9.17, 15) is 23.9 Å². The smallest absolute Gasteiger partial charge is 0.259 e. The molecule has 11 nitrogen and oxygen atoms in total. The summed E-state index contributed by atoms with van der Waals surface area (Å²) in [7, 11) is 0. The number of benzene rings is 2. The molecule has 4 fully saturated rings. The molecule has 0 spiro atoms. The number of nitrogens with one attached hydrogen (secondary N) is 2. The van der Waals surface area contributed by atoms with Crippen molar-refractivity contribution in [2.24, 2.45) is 5.73 Å². The molecule has 1 amide bonds. The number of hydrogen-bond acceptors (Lipinski definition) is 10. The zero-order valence-corrected chi connectivity index (χ0v) is 32.0. The minimum atomic E-state index is -0.737. The Labute approximate surface area is 320 Å². The molecule has 5 N–H and O–H groups in total.